The highest BCUT2D eigenvalue weighted by Gasteiger charge is 2.24. The molecule has 1 aliphatic carbocycles. The van der Waals surface area contributed by atoms with Crippen molar-refractivity contribution in [3.05, 3.63) is 11.6 Å². The van der Waals surface area contributed by atoms with E-state index in [-0.39, 0.29) is 11.5 Å². The maximum absolute atomic E-state index is 6.09. The second-order valence-corrected chi connectivity index (χ2v) is 4.51. The van der Waals surface area contributed by atoms with Crippen molar-refractivity contribution in [2.45, 2.75) is 46.1 Å². The Hall–Kier alpha value is -0.300. The van der Waals surface area contributed by atoms with Crippen molar-refractivity contribution in [2.24, 2.45) is 11.1 Å². The lowest BCUT2D eigenvalue weighted by molar-refractivity contribution is 0.350. The topological polar surface area (TPSA) is 26.0 Å². The molecular weight excluding hydrogens is 134 g/mol. The number of hydrogen-bond donors (Lipinski definition) is 1. The molecule has 2 N–H and O–H groups in total. The van der Waals surface area contributed by atoms with Gasteiger partial charge in [-0.15, -0.1) is 0 Å². The first-order valence-electron chi connectivity index (χ1n) is 4.46. The van der Waals surface area contributed by atoms with Gasteiger partial charge in [0.2, 0.25) is 0 Å². The first-order valence-corrected chi connectivity index (χ1v) is 4.46. The smallest absolute Gasteiger partial charge is 0.0302 e. The molecule has 0 saturated heterocycles. The second-order valence-electron chi connectivity index (χ2n) is 4.51. The normalized spacial score (nSPS) is 21.6. The fourth-order valence-corrected chi connectivity index (χ4v) is 1.53. The molecule has 1 nitrogen and oxygen atoms in total. The number of nitrogens with two attached hydrogens (primary N) is 1. The van der Waals surface area contributed by atoms with Crippen LogP contribution in [-0.4, -0.2) is 6.04 Å². The summed E-state index contributed by atoms with van der Waals surface area (Å²) < 4.78 is 0. The Morgan fingerprint density at radius 1 is 1.45 bits per heavy atom. The summed E-state index contributed by atoms with van der Waals surface area (Å²) in [6.07, 6.45) is 6.08. The number of allylic oxidation sites excluding steroid dienone is 1. The molecule has 0 radical (unpaired) electrons. The first-order chi connectivity index (χ1) is 5.02. The third-order valence-electron chi connectivity index (χ3n) is 2.41. The van der Waals surface area contributed by atoms with Gasteiger partial charge in [-0.2, -0.15) is 0 Å². The lowest BCUT2D eigenvalue weighted by atomic mass is 9.82. The van der Waals surface area contributed by atoms with Crippen LogP contribution < -0.4 is 5.73 Å². The summed E-state index contributed by atoms with van der Waals surface area (Å²) in [5.74, 6) is 0. The zero-order chi connectivity index (χ0) is 8.48. The molecule has 0 saturated carbocycles. The second kappa shape index (κ2) is 2.98. The van der Waals surface area contributed by atoms with Crippen LogP contribution in [0.15, 0.2) is 11.6 Å². The molecule has 0 aromatic carbocycles. The molecule has 0 aromatic heterocycles. The summed E-state index contributed by atoms with van der Waals surface area (Å²) in [7, 11) is 0. The lowest BCUT2D eigenvalue weighted by Crippen LogP contribution is -2.36. The summed E-state index contributed by atoms with van der Waals surface area (Å²) in [6.45, 7) is 6.62. The van der Waals surface area contributed by atoms with E-state index < -0.39 is 0 Å². The Morgan fingerprint density at radius 3 is 2.45 bits per heavy atom. The minimum Gasteiger partial charge on any atom is -0.324 e. The SMILES string of the molecule is CC(C)(C)C(N)C1=CCCC1. The van der Waals surface area contributed by atoms with Crippen LogP contribution in [0.4, 0.5) is 0 Å². The fraction of sp³-hybridized carbons (Fsp3) is 0.800. The summed E-state index contributed by atoms with van der Waals surface area (Å²) in [5, 5.41) is 0. The third kappa shape index (κ3) is 2.06. The van der Waals surface area contributed by atoms with Crippen molar-refractivity contribution in [3.63, 3.8) is 0 Å². The first kappa shape index (κ1) is 8.79. The average Bonchev–Trinajstić information content (AvgIpc) is 2.34. The van der Waals surface area contributed by atoms with Crippen molar-refractivity contribution >= 4 is 0 Å². The minimum atomic E-state index is 0.232. The van der Waals surface area contributed by atoms with Gasteiger partial charge >= 0.3 is 0 Å². The third-order valence-corrected chi connectivity index (χ3v) is 2.41. The van der Waals surface area contributed by atoms with Gasteiger partial charge in [0.15, 0.2) is 0 Å². The highest BCUT2D eigenvalue weighted by Crippen LogP contribution is 2.29. The van der Waals surface area contributed by atoms with Gasteiger partial charge in [0.05, 0.1) is 0 Å². The quantitative estimate of drug-likeness (QED) is 0.575. The summed E-state index contributed by atoms with van der Waals surface area (Å²) in [5.41, 5.74) is 7.79. The van der Waals surface area contributed by atoms with Gasteiger partial charge in [-0.25, -0.2) is 0 Å². The van der Waals surface area contributed by atoms with E-state index in [0.717, 1.165) is 0 Å². The van der Waals surface area contributed by atoms with Crippen LogP contribution in [0.1, 0.15) is 40.0 Å². The van der Waals surface area contributed by atoms with E-state index in [2.05, 4.69) is 26.8 Å². The lowest BCUT2D eigenvalue weighted by Gasteiger charge is -2.28. The van der Waals surface area contributed by atoms with Crippen molar-refractivity contribution in [3.8, 4) is 0 Å². The average molecular weight is 153 g/mol. The predicted octanol–water partition coefficient (Wildman–Crippen LogP) is 2.47. The molecule has 1 atom stereocenters. The Balaban J connectivity index is 2.60. The zero-order valence-electron chi connectivity index (χ0n) is 7.85. The Kier molecular flexibility index (Phi) is 2.38. The maximum atomic E-state index is 6.09. The van der Waals surface area contributed by atoms with E-state index in [0.29, 0.717) is 0 Å². The Morgan fingerprint density at radius 2 is 2.09 bits per heavy atom. The zero-order valence-corrected chi connectivity index (χ0v) is 7.85. The van der Waals surface area contributed by atoms with Gasteiger partial charge < -0.3 is 5.73 Å². The van der Waals surface area contributed by atoms with Crippen molar-refractivity contribution < 1.29 is 0 Å². The van der Waals surface area contributed by atoms with Gasteiger partial charge in [0.25, 0.3) is 0 Å². The largest absolute Gasteiger partial charge is 0.324 e. The molecule has 0 amide bonds. The van der Waals surface area contributed by atoms with E-state index in [1.807, 2.05) is 0 Å². The highest BCUT2D eigenvalue weighted by atomic mass is 14.7. The van der Waals surface area contributed by atoms with Crippen LogP contribution in [0.2, 0.25) is 0 Å². The molecule has 64 valence electrons. The van der Waals surface area contributed by atoms with E-state index in [9.17, 15) is 0 Å². The van der Waals surface area contributed by atoms with Crippen LogP contribution in [0.5, 0.6) is 0 Å². The predicted molar refractivity (Wildman–Crippen MR) is 49.4 cm³/mol. The summed E-state index contributed by atoms with van der Waals surface area (Å²) >= 11 is 0. The molecule has 0 aromatic rings. The summed E-state index contributed by atoms with van der Waals surface area (Å²) in [4.78, 5) is 0. The molecule has 1 rings (SSSR count). The molecule has 1 heteroatoms. The van der Waals surface area contributed by atoms with Crippen LogP contribution in [0.3, 0.4) is 0 Å². The molecule has 0 bridgehead atoms. The van der Waals surface area contributed by atoms with Crippen LogP contribution in [0.25, 0.3) is 0 Å². The van der Waals surface area contributed by atoms with E-state index in [4.69, 9.17) is 5.73 Å². The van der Waals surface area contributed by atoms with Crippen molar-refractivity contribution in [2.75, 3.05) is 0 Å². The van der Waals surface area contributed by atoms with Crippen LogP contribution in [-0.2, 0) is 0 Å². The molecule has 0 fully saturated rings. The van der Waals surface area contributed by atoms with E-state index in [1.165, 1.54) is 24.8 Å². The minimum absolute atomic E-state index is 0.232. The molecular formula is C10H19N. The van der Waals surface area contributed by atoms with Crippen LogP contribution in [0, 0.1) is 5.41 Å². The molecule has 0 heterocycles. The van der Waals surface area contributed by atoms with Gasteiger partial charge in [-0.1, -0.05) is 32.4 Å². The maximum Gasteiger partial charge on any atom is 0.0302 e. The fourth-order valence-electron chi connectivity index (χ4n) is 1.53. The molecule has 0 spiro atoms. The highest BCUT2D eigenvalue weighted by molar-refractivity contribution is 5.16. The molecule has 1 unspecified atom stereocenters. The van der Waals surface area contributed by atoms with Crippen LogP contribution >= 0.6 is 0 Å². The Labute approximate surface area is 69.7 Å². The monoisotopic (exact) mass is 153 g/mol. The standard InChI is InChI=1S/C10H19N/c1-10(2,3)9(11)8-6-4-5-7-8/h6,9H,4-5,7,11H2,1-3H3. The van der Waals surface area contributed by atoms with E-state index in [1.54, 1.807) is 0 Å². The van der Waals surface area contributed by atoms with Gasteiger partial charge in [-0.3, -0.25) is 0 Å². The van der Waals surface area contributed by atoms with Gasteiger partial charge in [-0.05, 0) is 24.7 Å². The number of rotatable bonds is 1. The molecule has 1 aliphatic rings. The Bertz CT molecular complexity index is 162. The van der Waals surface area contributed by atoms with Gasteiger partial charge in [0, 0.05) is 6.04 Å². The number of hydrogen-bond acceptors (Lipinski definition) is 1. The summed E-state index contributed by atoms with van der Waals surface area (Å²) in [6, 6.07) is 0.269. The molecule has 11 heavy (non-hydrogen) atoms. The van der Waals surface area contributed by atoms with E-state index >= 15 is 0 Å². The van der Waals surface area contributed by atoms with Gasteiger partial charge in [0.1, 0.15) is 0 Å². The molecule has 0 aliphatic heterocycles. The van der Waals surface area contributed by atoms with Crippen molar-refractivity contribution in [1.29, 1.82) is 0 Å². The van der Waals surface area contributed by atoms with Crippen molar-refractivity contribution in [1.82, 2.24) is 0 Å².